The highest BCUT2D eigenvalue weighted by Gasteiger charge is 2.23. The molecule has 2 aromatic rings. The highest BCUT2D eigenvalue weighted by molar-refractivity contribution is 7.99. The molecule has 0 N–H and O–H groups in total. The maximum atomic E-state index is 12.5. The largest absolute Gasteiger partial charge is 0.339 e. The van der Waals surface area contributed by atoms with E-state index in [-0.39, 0.29) is 17.6 Å². The minimum absolute atomic E-state index is 0.0355. The highest BCUT2D eigenvalue weighted by atomic mass is 32.2. The number of nitrogens with zero attached hydrogens (tertiary/aromatic N) is 6. The van der Waals surface area contributed by atoms with Gasteiger partial charge in [0.25, 0.3) is 0 Å². The van der Waals surface area contributed by atoms with E-state index in [2.05, 4.69) is 21.6 Å². The van der Waals surface area contributed by atoms with Gasteiger partial charge in [0.2, 0.25) is 17.0 Å². The Hall–Kier alpha value is -2.42. The molecule has 1 saturated heterocycles. The Morgan fingerprint density at radius 3 is 2.46 bits per heavy atom. The summed E-state index contributed by atoms with van der Waals surface area (Å²) < 4.78 is 1.67. The third kappa shape index (κ3) is 4.04. The Labute approximate surface area is 156 Å². The molecule has 2 amide bonds. The van der Waals surface area contributed by atoms with Crippen LogP contribution in [0.3, 0.4) is 0 Å². The van der Waals surface area contributed by atoms with Gasteiger partial charge in [-0.1, -0.05) is 29.5 Å². The van der Waals surface area contributed by atoms with Crippen LogP contribution < -0.4 is 0 Å². The van der Waals surface area contributed by atoms with Gasteiger partial charge >= 0.3 is 0 Å². The molecular weight excluding hydrogens is 352 g/mol. The number of thioether (sulfide) groups is 1. The number of hydrogen-bond acceptors (Lipinski definition) is 6. The van der Waals surface area contributed by atoms with Crippen molar-refractivity contribution in [3.63, 3.8) is 0 Å². The molecule has 0 radical (unpaired) electrons. The van der Waals surface area contributed by atoms with Gasteiger partial charge in [0.05, 0.1) is 11.4 Å². The minimum Gasteiger partial charge on any atom is -0.339 e. The molecule has 1 aromatic heterocycles. The van der Waals surface area contributed by atoms with Crippen LogP contribution in [0.5, 0.6) is 0 Å². The third-order valence-corrected chi connectivity index (χ3v) is 5.33. The summed E-state index contributed by atoms with van der Waals surface area (Å²) in [5.74, 6) is 0.359. The monoisotopic (exact) mass is 374 g/mol. The summed E-state index contributed by atoms with van der Waals surface area (Å²) in [6.45, 7) is 7.93. The van der Waals surface area contributed by atoms with Crippen LogP contribution in [-0.2, 0) is 9.59 Å². The highest BCUT2D eigenvalue weighted by Crippen LogP contribution is 2.21. The van der Waals surface area contributed by atoms with Crippen molar-refractivity contribution in [2.75, 3.05) is 31.9 Å². The zero-order chi connectivity index (χ0) is 18.7. The van der Waals surface area contributed by atoms with Crippen molar-refractivity contribution in [3.8, 4) is 5.69 Å². The molecule has 0 bridgehead atoms. The topological polar surface area (TPSA) is 84.2 Å². The van der Waals surface area contributed by atoms with Crippen LogP contribution >= 0.6 is 11.8 Å². The summed E-state index contributed by atoms with van der Waals surface area (Å²) in [6, 6.07) is 6.07. The first-order valence-corrected chi connectivity index (χ1v) is 9.46. The Morgan fingerprint density at radius 2 is 1.81 bits per heavy atom. The van der Waals surface area contributed by atoms with Crippen LogP contribution in [0.4, 0.5) is 0 Å². The van der Waals surface area contributed by atoms with Gasteiger partial charge in [-0.05, 0) is 35.9 Å². The SMILES string of the molecule is CC(=O)N1CCN(C(=O)CSc2nnnn2-c2ccc(C)cc2C)CC1. The van der Waals surface area contributed by atoms with Crippen molar-refractivity contribution in [2.45, 2.75) is 25.9 Å². The number of carbonyl (C=O) groups is 2. The molecule has 1 aliphatic heterocycles. The van der Waals surface area contributed by atoms with Gasteiger partial charge in [0.1, 0.15) is 0 Å². The van der Waals surface area contributed by atoms with Crippen LogP contribution in [0.15, 0.2) is 23.4 Å². The lowest BCUT2D eigenvalue weighted by Crippen LogP contribution is -2.50. The number of hydrogen-bond donors (Lipinski definition) is 0. The zero-order valence-corrected chi connectivity index (χ0v) is 16.0. The molecule has 9 heteroatoms. The molecule has 8 nitrogen and oxygen atoms in total. The maximum absolute atomic E-state index is 12.5. The molecular formula is C17H22N6O2S. The maximum Gasteiger partial charge on any atom is 0.233 e. The van der Waals surface area contributed by atoms with Crippen LogP contribution in [0.2, 0.25) is 0 Å². The van der Waals surface area contributed by atoms with E-state index in [0.29, 0.717) is 31.3 Å². The molecule has 1 aliphatic rings. The number of aromatic nitrogens is 4. The van der Waals surface area contributed by atoms with Crippen LogP contribution in [-0.4, -0.2) is 73.8 Å². The summed E-state index contributed by atoms with van der Waals surface area (Å²) in [4.78, 5) is 27.4. The van der Waals surface area contributed by atoms with Gasteiger partial charge in [-0.3, -0.25) is 9.59 Å². The fourth-order valence-electron chi connectivity index (χ4n) is 2.95. The number of rotatable bonds is 4. The molecule has 138 valence electrons. The second-order valence-corrected chi connectivity index (χ2v) is 7.28. The van der Waals surface area contributed by atoms with Gasteiger partial charge in [-0.15, -0.1) is 5.10 Å². The van der Waals surface area contributed by atoms with E-state index in [1.807, 2.05) is 26.0 Å². The van der Waals surface area contributed by atoms with Crippen molar-refractivity contribution in [3.05, 3.63) is 29.3 Å². The zero-order valence-electron chi connectivity index (χ0n) is 15.2. The standard InChI is InChI=1S/C17H22N6O2S/c1-12-4-5-15(13(2)10-12)23-17(18-19-20-23)26-11-16(25)22-8-6-21(7-9-22)14(3)24/h4-5,10H,6-9,11H2,1-3H3. The van der Waals surface area contributed by atoms with Gasteiger partial charge in [0.15, 0.2) is 0 Å². The lowest BCUT2D eigenvalue weighted by Gasteiger charge is -2.34. The van der Waals surface area contributed by atoms with E-state index < -0.39 is 0 Å². The van der Waals surface area contributed by atoms with Crippen molar-refractivity contribution in [1.29, 1.82) is 0 Å². The van der Waals surface area contributed by atoms with Gasteiger partial charge in [0, 0.05) is 33.1 Å². The smallest absolute Gasteiger partial charge is 0.233 e. The molecule has 26 heavy (non-hydrogen) atoms. The van der Waals surface area contributed by atoms with Gasteiger partial charge in [-0.2, -0.15) is 4.68 Å². The molecule has 1 aromatic carbocycles. The van der Waals surface area contributed by atoms with Gasteiger partial charge < -0.3 is 9.80 Å². The van der Waals surface area contributed by atoms with Gasteiger partial charge in [-0.25, -0.2) is 0 Å². The molecule has 0 saturated carbocycles. The number of amides is 2. The average Bonchev–Trinajstić information content (AvgIpc) is 3.08. The number of benzene rings is 1. The average molecular weight is 374 g/mol. The summed E-state index contributed by atoms with van der Waals surface area (Å²) in [7, 11) is 0. The van der Waals surface area contributed by atoms with Crippen molar-refractivity contribution >= 4 is 23.6 Å². The number of carbonyl (C=O) groups excluding carboxylic acids is 2. The molecule has 0 unspecified atom stereocenters. The fourth-order valence-corrected chi connectivity index (χ4v) is 3.74. The Morgan fingerprint density at radius 1 is 1.12 bits per heavy atom. The van der Waals surface area contributed by atoms with E-state index >= 15 is 0 Å². The predicted molar refractivity (Wildman–Crippen MR) is 98.2 cm³/mol. The van der Waals surface area contributed by atoms with Crippen molar-refractivity contribution < 1.29 is 9.59 Å². The molecule has 2 heterocycles. The predicted octanol–water partition coefficient (Wildman–Crippen LogP) is 1.06. The number of piperazine rings is 1. The molecule has 1 fully saturated rings. The summed E-state index contributed by atoms with van der Waals surface area (Å²) in [5.41, 5.74) is 3.16. The van der Waals surface area contributed by atoms with E-state index in [0.717, 1.165) is 11.3 Å². The van der Waals surface area contributed by atoms with Crippen LogP contribution in [0.1, 0.15) is 18.1 Å². The molecule has 0 spiro atoms. The Bertz CT molecular complexity index is 813. The number of aryl methyl sites for hydroxylation is 2. The summed E-state index contributed by atoms with van der Waals surface area (Å²) in [6.07, 6.45) is 0. The van der Waals surface area contributed by atoms with E-state index in [4.69, 9.17) is 0 Å². The van der Waals surface area contributed by atoms with Crippen molar-refractivity contribution in [2.24, 2.45) is 0 Å². The molecule has 0 aliphatic carbocycles. The number of tetrazole rings is 1. The Balaban J connectivity index is 1.62. The molecule has 0 atom stereocenters. The lowest BCUT2D eigenvalue weighted by atomic mass is 10.1. The first-order valence-electron chi connectivity index (χ1n) is 8.48. The van der Waals surface area contributed by atoms with E-state index in [1.54, 1.807) is 21.4 Å². The molecule has 3 rings (SSSR count). The second kappa shape index (κ2) is 7.86. The summed E-state index contributed by atoms with van der Waals surface area (Å²) in [5, 5.41) is 12.5. The first kappa shape index (κ1) is 18.4. The first-order chi connectivity index (χ1) is 12.5. The lowest BCUT2D eigenvalue weighted by molar-refractivity contribution is -0.136. The second-order valence-electron chi connectivity index (χ2n) is 6.34. The normalized spacial score (nSPS) is 14.6. The van der Waals surface area contributed by atoms with E-state index in [9.17, 15) is 9.59 Å². The van der Waals surface area contributed by atoms with Crippen molar-refractivity contribution in [1.82, 2.24) is 30.0 Å². The van der Waals surface area contributed by atoms with E-state index in [1.165, 1.54) is 17.3 Å². The summed E-state index contributed by atoms with van der Waals surface area (Å²) >= 11 is 1.33. The third-order valence-electron chi connectivity index (χ3n) is 4.42. The van der Waals surface area contributed by atoms with Crippen LogP contribution in [0, 0.1) is 13.8 Å². The minimum atomic E-state index is 0.0355. The Kier molecular flexibility index (Phi) is 5.55. The fraction of sp³-hybridized carbons (Fsp3) is 0.471. The van der Waals surface area contributed by atoms with Crippen LogP contribution in [0.25, 0.3) is 5.69 Å². The quantitative estimate of drug-likeness (QED) is 0.744.